The molecule has 0 radical (unpaired) electrons. The molecule has 0 aliphatic carbocycles. The number of hydrogen-bond acceptors (Lipinski definition) is 7. The van der Waals surface area contributed by atoms with Gasteiger partial charge in [-0.25, -0.2) is 27.8 Å². The lowest BCUT2D eigenvalue weighted by Crippen LogP contribution is -2.29. The Balaban J connectivity index is 1.56. The SMILES string of the molecule is Cc1ccn(-c2cc(NCCNS(=O)(=O)c3ccc(C#N)cc3)ncn2)n1. The van der Waals surface area contributed by atoms with Crippen molar-refractivity contribution in [3.8, 4) is 11.9 Å². The molecular formula is C17H17N7O2S. The van der Waals surface area contributed by atoms with Crippen LogP contribution in [0, 0.1) is 18.3 Å². The normalized spacial score (nSPS) is 11.1. The number of aryl methyl sites for hydroxylation is 1. The highest BCUT2D eigenvalue weighted by molar-refractivity contribution is 7.89. The number of hydrogen-bond donors (Lipinski definition) is 2. The van der Waals surface area contributed by atoms with E-state index in [1.165, 1.54) is 30.6 Å². The summed E-state index contributed by atoms with van der Waals surface area (Å²) in [6.45, 7) is 2.39. The maximum Gasteiger partial charge on any atom is 0.240 e. The van der Waals surface area contributed by atoms with Crippen molar-refractivity contribution in [1.82, 2.24) is 24.5 Å². The van der Waals surface area contributed by atoms with E-state index in [0.717, 1.165) is 5.69 Å². The highest BCUT2D eigenvalue weighted by atomic mass is 32.2. The molecule has 0 unspecified atom stereocenters. The van der Waals surface area contributed by atoms with E-state index in [9.17, 15) is 8.42 Å². The topological polar surface area (TPSA) is 126 Å². The van der Waals surface area contributed by atoms with Crippen LogP contribution in [0.25, 0.3) is 5.82 Å². The molecule has 0 saturated heterocycles. The van der Waals surface area contributed by atoms with Gasteiger partial charge < -0.3 is 5.32 Å². The fourth-order valence-corrected chi connectivity index (χ4v) is 3.31. The number of nitrogens with zero attached hydrogens (tertiary/aromatic N) is 5. The van der Waals surface area contributed by atoms with Gasteiger partial charge in [0.2, 0.25) is 10.0 Å². The number of nitriles is 1. The van der Waals surface area contributed by atoms with E-state index in [4.69, 9.17) is 5.26 Å². The fraction of sp³-hybridized carbons (Fsp3) is 0.176. The van der Waals surface area contributed by atoms with Crippen molar-refractivity contribution in [3.63, 3.8) is 0 Å². The molecular weight excluding hydrogens is 366 g/mol. The summed E-state index contributed by atoms with van der Waals surface area (Å²) in [5.41, 5.74) is 1.28. The molecule has 3 aromatic rings. The first kappa shape index (κ1) is 18.5. The van der Waals surface area contributed by atoms with E-state index in [2.05, 4.69) is 25.1 Å². The summed E-state index contributed by atoms with van der Waals surface area (Å²) in [5.74, 6) is 1.17. The van der Waals surface area contributed by atoms with Gasteiger partial charge in [-0.3, -0.25) is 0 Å². The van der Waals surface area contributed by atoms with Gasteiger partial charge in [-0.05, 0) is 37.3 Å². The maximum absolute atomic E-state index is 12.2. The third kappa shape index (κ3) is 4.66. The standard InChI is InChI=1S/C17H17N7O2S/c1-13-6-9-24(23-13)17-10-16(20-12-21-17)19-7-8-22-27(25,26)15-4-2-14(11-18)3-5-15/h2-6,9-10,12,22H,7-8H2,1H3,(H,19,20,21). The van der Waals surface area contributed by atoms with Crippen molar-refractivity contribution in [3.05, 3.63) is 60.2 Å². The Morgan fingerprint density at radius 3 is 2.59 bits per heavy atom. The lowest BCUT2D eigenvalue weighted by molar-refractivity contribution is 0.583. The van der Waals surface area contributed by atoms with Crippen LogP contribution in [0.15, 0.2) is 53.8 Å². The quantitative estimate of drug-likeness (QED) is 0.588. The van der Waals surface area contributed by atoms with Gasteiger partial charge in [0, 0.05) is 25.4 Å². The zero-order valence-corrected chi connectivity index (χ0v) is 15.3. The molecule has 0 aliphatic rings. The van der Waals surface area contributed by atoms with Crippen LogP contribution in [-0.4, -0.2) is 41.3 Å². The molecule has 0 amide bonds. The lowest BCUT2D eigenvalue weighted by Gasteiger charge is -2.09. The average molecular weight is 383 g/mol. The molecule has 2 aromatic heterocycles. The van der Waals surface area contributed by atoms with Gasteiger partial charge >= 0.3 is 0 Å². The second-order valence-electron chi connectivity index (χ2n) is 5.62. The Bertz CT molecular complexity index is 1070. The lowest BCUT2D eigenvalue weighted by atomic mass is 10.2. The molecule has 9 nitrogen and oxygen atoms in total. The molecule has 0 saturated carbocycles. The summed E-state index contributed by atoms with van der Waals surface area (Å²) in [4.78, 5) is 8.38. The fourth-order valence-electron chi connectivity index (χ4n) is 2.28. The number of benzene rings is 1. The first-order valence-electron chi connectivity index (χ1n) is 8.06. The molecule has 0 bridgehead atoms. The van der Waals surface area contributed by atoms with Crippen molar-refractivity contribution >= 4 is 15.8 Å². The second-order valence-corrected chi connectivity index (χ2v) is 7.39. The number of aromatic nitrogens is 4. The molecule has 1 aromatic carbocycles. The molecule has 2 N–H and O–H groups in total. The Labute approximate surface area is 156 Å². The number of rotatable bonds is 7. The van der Waals surface area contributed by atoms with Crippen LogP contribution in [-0.2, 0) is 10.0 Å². The van der Waals surface area contributed by atoms with Crippen molar-refractivity contribution < 1.29 is 8.42 Å². The van der Waals surface area contributed by atoms with Crippen molar-refractivity contribution in [2.45, 2.75) is 11.8 Å². The largest absolute Gasteiger partial charge is 0.369 e. The average Bonchev–Trinajstić information content (AvgIpc) is 3.12. The van der Waals surface area contributed by atoms with E-state index in [0.29, 0.717) is 23.7 Å². The van der Waals surface area contributed by atoms with E-state index in [1.807, 2.05) is 19.1 Å². The Kier molecular flexibility index (Phi) is 5.44. The summed E-state index contributed by atoms with van der Waals surface area (Å²) in [5, 5.41) is 16.1. The van der Waals surface area contributed by atoms with Crippen LogP contribution in [0.2, 0.25) is 0 Å². The Morgan fingerprint density at radius 2 is 1.93 bits per heavy atom. The van der Waals surface area contributed by atoms with Crippen LogP contribution in [0.4, 0.5) is 5.82 Å². The minimum absolute atomic E-state index is 0.111. The monoisotopic (exact) mass is 383 g/mol. The molecule has 3 rings (SSSR count). The molecule has 27 heavy (non-hydrogen) atoms. The molecule has 2 heterocycles. The van der Waals surface area contributed by atoms with Gasteiger partial charge in [0.25, 0.3) is 0 Å². The van der Waals surface area contributed by atoms with E-state index in [-0.39, 0.29) is 11.4 Å². The Hall–Kier alpha value is -3.29. The van der Waals surface area contributed by atoms with Crippen LogP contribution in [0.3, 0.4) is 0 Å². The Morgan fingerprint density at radius 1 is 1.15 bits per heavy atom. The smallest absolute Gasteiger partial charge is 0.240 e. The summed E-state index contributed by atoms with van der Waals surface area (Å²) in [7, 11) is -3.63. The minimum Gasteiger partial charge on any atom is -0.369 e. The minimum atomic E-state index is -3.63. The van der Waals surface area contributed by atoms with Gasteiger partial charge in [-0.15, -0.1) is 0 Å². The van der Waals surface area contributed by atoms with Gasteiger partial charge in [0.05, 0.1) is 22.2 Å². The zero-order chi connectivity index (χ0) is 19.3. The molecule has 0 atom stereocenters. The van der Waals surface area contributed by atoms with Gasteiger partial charge in [-0.1, -0.05) is 0 Å². The molecule has 138 valence electrons. The van der Waals surface area contributed by atoms with Gasteiger partial charge in [-0.2, -0.15) is 10.4 Å². The number of anilines is 1. The maximum atomic E-state index is 12.2. The van der Waals surface area contributed by atoms with Crippen LogP contribution in [0.5, 0.6) is 0 Å². The summed E-state index contributed by atoms with van der Waals surface area (Å²) in [6.07, 6.45) is 3.21. The predicted octanol–water partition coefficient (Wildman–Crippen LogP) is 1.23. The highest BCUT2D eigenvalue weighted by Gasteiger charge is 2.13. The van der Waals surface area contributed by atoms with E-state index >= 15 is 0 Å². The predicted molar refractivity (Wildman–Crippen MR) is 98.7 cm³/mol. The second kappa shape index (κ2) is 7.94. The first-order valence-corrected chi connectivity index (χ1v) is 9.55. The summed E-state index contributed by atoms with van der Waals surface area (Å²) >= 11 is 0. The number of sulfonamides is 1. The van der Waals surface area contributed by atoms with Crippen molar-refractivity contribution in [1.29, 1.82) is 5.26 Å². The zero-order valence-electron chi connectivity index (χ0n) is 14.5. The van der Waals surface area contributed by atoms with Gasteiger partial charge in [0.15, 0.2) is 5.82 Å². The summed E-state index contributed by atoms with van der Waals surface area (Å²) in [6, 6.07) is 11.3. The first-order chi connectivity index (χ1) is 13.0. The van der Waals surface area contributed by atoms with Crippen molar-refractivity contribution in [2.24, 2.45) is 0 Å². The summed E-state index contributed by atoms with van der Waals surface area (Å²) < 4.78 is 28.6. The van der Waals surface area contributed by atoms with Crippen LogP contribution >= 0.6 is 0 Å². The van der Waals surface area contributed by atoms with Crippen molar-refractivity contribution in [2.75, 3.05) is 18.4 Å². The van der Waals surface area contributed by atoms with Gasteiger partial charge in [0.1, 0.15) is 12.1 Å². The van der Waals surface area contributed by atoms with Crippen LogP contribution in [0.1, 0.15) is 11.3 Å². The van der Waals surface area contributed by atoms with Crippen LogP contribution < -0.4 is 10.0 Å². The third-order valence-electron chi connectivity index (χ3n) is 3.63. The molecule has 0 spiro atoms. The molecule has 0 aliphatic heterocycles. The third-order valence-corrected chi connectivity index (χ3v) is 5.10. The molecule has 10 heteroatoms. The van der Waals surface area contributed by atoms with E-state index in [1.54, 1.807) is 16.9 Å². The molecule has 0 fully saturated rings. The highest BCUT2D eigenvalue weighted by Crippen LogP contribution is 2.10. The van der Waals surface area contributed by atoms with E-state index < -0.39 is 10.0 Å². The number of nitrogens with one attached hydrogen (secondary N) is 2.